The zero-order chi connectivity index (χ0) is 12.1. The van der Waals surface area contributed by atoms with Crippen LogP contribution in [0.2, 0.25) is 0 Å². The second-order valence-corrected chi connectivity index (χ2v) is 3.23. The molecule has 1 aromatic heterocycles. The van der Waals surface area contributed by atoms with E-state index in [0.29, 0.717) is 5.56 Å². The number of oxime groups is 1. The van der Waals surface area contributed by atoms with Crippen molar-refractivity contribution in [1.29, 1.82) is 0 Å². The number of hydrogen-bond donors (Lipinski definition) is 1. The van der Waals surface area contributed by atoms with E-state index in [0.717, 1.165) is 0 Å². The lowest BCUT2D eigenvalue weighted by Gasteiger charge is -2.02. The van der Waals surface area contributed by atoms with Crippen molar-refractivity contribution in [1.82, 2.24) is 9.97 Å². The first-order valence-corrected chi connectivity index (χ1v) is 4.91. The number of benzene rings is 1. The molecular formula is C12H9N3O2. The van der Waals surface area contributed by atoms with Gasteiger partial charge in [-0.3, -0.25) is 14.8 Å². The van der Waals surface area contributed by atoms with Gasteiger partial charge < -0.3 is 5.21 Å². The third kappa shape index (κ3) is 2.34. The van der Waals surface area contributed by atoms with Gasteiger partial charge in [0.1, 0.15) is 5.69 Å². The van der Waals surface area contributed by atoms with Crippen molar-refractivity contribution in [3.8, 4) is 0 Å². The number of carbonyl (C=O) groups is 1. The van der Waals surface area contributed by atoms with Gasteiger partial charge in [0.25, 0.3) is 0 Å². The van der Waals surface area contributed by atoms with Crippen LogP contribution in [0.5, 0.6) is 0 Å². The smallest absolute Gasteiger partial charge is 0.217 e. The molecule has 2 rings (SSSR count). The van der Waals surface area contributed by atoms with Gasteiger partial charge in [-0.2, -0.15) is 0 Å². The van der Waals surface area contributed by atoms with Gasteiger partial charge in [-0.1, -0.05) is 35.5 Å². The highest BCUT2D eigenvalue weighted by Gasteiger charge is 2.17. The van der Waals surface area contributed by atoms with Crippen molar-refractivity contribution in [2.24, 2.45) is 5.16 Å². The predicted octanol–water partition coefficient (Wildman–Crippen LogP) is 1.54. The van der Waals surface area contributed by atoms with Gasteiger partial charge >= 0.3 is 0 Å². The van der Waals surface area contributed by atoms with Crippen molar-refractivity contribution in [2.45, 2.75) is 0 Å². The molecule has 0 saturated carbocycles. The topological polar surface area (TPSA) is 75.4 Å². The fraction of sp³-hybridized carbons (Fsp3) is 0. The van der Waals surface area contributed by atoms with Crippen LogP contribution in [0, 0.1) is 0 Å². The molecule has 0 bridgehead atoms. The maximum atomic E-state index is 12.0. The summed E-state index contributed by atoms with van der Waals surface area (Å²) in [6.45, 7) is 0. The lowest BCUT2D eigenvalue weighted by Crippen LogP contribution is -2.17. The van der Waals surface area contributed by atoms with E-state index in [1.807, 2.05) is 0 Å². The molecule has 1 heterocycles. The highest BCUT2D eigenvalue weighted by molar-refractivity contribution is 6.50. The molecule has 0 aliphatic heterocycles. The minimum absolute atomic E-state index is 0.121. The van der Waals surface area contributed by atoms with Crippen molar-refractivity contribution in [3.63, 3.8) is 0 Å². The van der Waals surface area contributed by atoms with Crippen molar-refractivity contribution >= 4 is 11.5 Å². The summed E-state index contributed by atoms with van der Waals surface area (Å²) >= 11 is 0. The maximum Gasteiger partial charge on any atom is 0.217 e. The first-order valence-electron chi connectivity index (χ1n) is 4.91. The molecule has 0 amide bonds. The highest BCUT2D eigenvalue weighted by Crippen LogP contribution is 2.05. The number of hydrogen-bond acceptors (Lipinski definition) is 5. The van der Waals surface area contributed by atoms with Crippen LogP contribution in [0.15, 0.2) is 54.1 Å². The standard InChI is InChI=1S/C12H9N3O2/c16-12(9-4-2-1-3-5-9)11(15-17)10-8-13-6-7-14-10/h1-8,17H/b15-11+. The summed E-state index contributed by atoms with van der Waals surface area (Å²) in [7, 11) is 0. The number of aromatic nitrogens is 2. The minimum Gasteiger partial charge on any atom is -0.410 e. The Morgan fingerprint density at radius 1 is 1.18 bits per heavy atom. The zero-order valence-electron chi connectivity index (χ0n) is 8.82. The third-order valence-corrected chi connectivity index (χ3v) is 2.16. The Kier molecular flexibility index (Phi) is 3.20. The second-order valence-electron chi connectivity index (χ2n) is 3.23. The average molecular weight is 227 g/mol. The van der Waals surface area contributed by atoms with E-state index in [1.165, 1.54) is 18.6 Å². The Morgan fingerprint density at radius 3 is 2.53 bits per heavy atom. The number of Topliss-reactive ketones (excluding diaryl/α,β-unsaturated/α-hetero) is 1. The Balaban J connectivity index is 2.37. The molecule has 5 heteroatoms. The molecule has 1 aromatic carbocycles. The Labute approximate surface area is 97.5 Å². The van der Waals surface area contributed by atoms with Crippen LogP contribution in [-0.4, -0.2) is 26.7 Å². The van der Waals surface area contributed by atoms with Crippen LogP contribution in [0.25, 0.3) is 0 Å². The quantitative estimate of drug-likeness (QED) is 0.373. The monoisotopic (exact) mass is 227 g/mol. The number of carbonyl (C=O) groups excluding carboxylic acids is 1. The van der Waals surface area contributed by atoms with Gasteiger partial charge in [0.05, 0.1) is 6.20 Å². The predicted molar refractivity (Wildman–Crippen MR) is 61.1 cm³/mol. The zero-order valence-corrected chi connectivity index (χ0v) is 8.82. The average Bonchev–Trinajstić information content (AvgIpc) is 2.42. The Bertz CT molecular complexity index is 538. The first-order chi connectivity index (χ1) is 8.33. The van der Waals surface area contributed by atoms with Gasteiger partial charge in [-0.25, -0.2) is 0 Å². The van der Waals surface area contributed by atoms with Crippen molar-refractivity contribution < 1.29 is 10.0 Å². The van der Waals surface area contributed by atoms with E-state index < -0.39 is 5.78 Å². The van der Waals surface area contributed by atoms with Crippen LogP contribution in [0.3, 0.4) is 0 Å². The summed E-state index contributed by atoms with van der Waals surface area (Å²) < 4.78 is 0. The summed E-state index contributed by atoms with van der Waals surface area (Å²) in [6, 6.07) is 8.56. The molecule has 1 N–H and O–H groups in total. The van der Waals surface area contributed by atoms with Gasteiger partial charge in [0.15, 0.2) is 5.71 Å². The minimum atomic E-state index is -0.395. The molecule has 0 aliphatic carbocycles. The number of nitrogens with zero attached hydrogens (tertiary/aromatic N) is 3. The molecule has 0 spiro atoms. The molecule has 0 radical (unpaired) electrons. The van der Waals surface area contributed by atoms with Gasteiger partial charge in [0.2, 0.25) is 5.78 Å². The van der Waals surface area contributed by atoms with E-state index in [2.05, 4.69) is 15.1 Å². The SMILES string of the molecule is O=C(/C(=N/O)c1cnccn1)c1ccccc1. The molecule has 0 atom stereocenters. The Hall–Kier alpha value is -2.56. The van der Waals surface area contributed by atoms with Crippen LogP contribution in [-0.2, 0) is 0 Å². The van der Waals surface area contributed by atoms with E-state index >= 15 is 0 Å². The van der Waals surface area contributed by atoms with Gasteiger partial charge in [-0.05, 0) is 0 Å². The lowest BCUT2D eigenvalue weighted by molar-refractivity contribution is 0.106. The second kappa shape index (κ2) is 4.98. The summed E-state index contributed by atoms with van der Waals surface area (Å²) in [5, 5.41) is 11.9. The van der Waals surface area contributed by atoms with E-state index in [9.17, 15) is 4.79 Å². The number of rotatable bonds is 3. The fourth-order valence-corrected chi connectivity index (χ4v) is 1.36. The molecule has 0 saturated heterocycles. The lowest BCUT2D eigenvalue weighted by atomic mass is 10.1. The molecule has 0 aliphatic rings. The summed E-state index contributed by atoms with van der Waals surface area (Å²) in [6.07, 6.45) is 4.28. The summed E-state index contributed by atoms with van der Waals surface area (Å²) in [5.41, 5.74) is 0.555. The molecule has 84 valence electrons. The van der Waals surface area contributed by atoms with Crippen molar-refractivity contribution in [2.75, 3.05) is 0 Å². The molecular weight excluding hydrogens is 218 g/mol. The van der Waals surface area contributed by atoms with Crippen LogP contribution >= 0.6 is 0 Å². The highest BCUT2D eigenvalue weighted by atomic mass is 16.4. The van der Waals surface area contributed by atoms with Gasteiger partial charge in [0, 0.05) is 18.0 Å². The van der Waals surface area contributed by atoms with Crippen LogP contribution in [0.1, 0.15) is 16.1 Å². The number of ketones is 1. The molecule has 0 unspecified atom stereocenters. The first kappa shape index (κ1) is 10.9. The fourth-order valence-electron chi connectivity index (χ4n) is 1.36. The van der Waals surface area contributed by atoms with Crippen LogP contribution < -0.4 is 0 Å². The Morgan fingerprint density at radius 2 is 1.94 bits per heavy atom. The molecule has 2 aromatic rings. The summed E-state index contributed by atoms with van der Waals surface area (Å²) in [4.78, 5) is 19.8. The van der Waals surface area contributed by atoms with Gasteiger partial charge in [-0.15, -0.1) is 0 Å². The summed E-state index contributed by atoms with van der Waals surface area (Å²) in [5.74, 6) is -0.395. The van der Waals surface area contributed by atoms with E-state index in [1.54, 1.807) is 30.3 Å². The molecule has 0 fully saturated rings. The van der Waals surface area contributed by atoms with Crippen molar-refractivity contribution in [3.05, 3.63) is 60.2 Å². The normalized spacial score (nSPS) is 11.2. The molecule has 17 heavy (non-hydrogen) atoms. The third-order valence-electron chi connectivity index (χ3n) is 2.16. The molecule has 5 nitrogen and oxygen atoms in total. The van der Waals surface area contributed by atoms with E-state index in [4.69, 9.17) is 5.21 Å². The van der Waals surface area contributed by atoms with Crippen LogP contribution in [0.4, 0.5) is 0 Å². The maximum absolute atomic E-state index is 12.0. The largest absolute Gasteiger partial charge is 0.410 e. The van der Waals surface area contributed by atoms with E-state index in [-0.39, 0.29) is 11.4 Å².